The minimum Gasteiger partial charge on any atom is -0.444 e. The zero-order chi connectivity index (χ0) is 18.6. The van der Waals surface area contributed by atoms with Crippen molar-refractivity contribution in [2.75, 3.05) is 19.0 Å². The van der Waals surface area contributed by atoms with Crippen LogP contribution in [0.2, 0.25) is 6.55 Å². The van der Waals surface area contributed by atoms with Gasteiger partial charge in [-0.15, -0.1) is 0 Å². The summed E-state index contributed by atoms with van der Waals surface area (Å²) in [4.78, 5) is 28.3. The van der Waals surface area contributed by atoms with Gasteiger partial charge in [0.2, 0.25) is 5.91 Å². The lowest BCUT2D eigenvalue weighted by molar-refractivity contribution is -0.149. The Morgan fingerprint density at radius 1 is 1.44 bits per heavy atom. The smallest absolute Gasteiger partial charge is 0.413 e. The van der Waals surface area contributed by atoms with Crippen molar-refractivity contribution in [3.63, 3.8) is 0 Å². The van der Waals surface area contributed by atoms with Gasteiger partial charge in [0.1, 0.15) is 11.4 Å². The van der Waals surface area contributed by atoms with Crippen molar-refractivity contribution in [3.8, 4) is 0 Å². The number of carbonyl (C=O) groups excluding carboxylic acids is 2. The summed E-state index contributed by atoms with van der Waals surface area (Å²) in [5.74, 6) is 0.474. The Kier molecular flexibility index (Phi) is 6.18. The van der Waals surface area contributed by atoms with Gasteiger partial charge in [0.05, 0.1) is 18.6 Å². The zero-order valence-electron chi connectivity index (χ0n) is 15.3. The van der Waals surface area contributed by atoms with Crippen LogP contribution in [0.25, 0.3) is 0 Å². The summed E-state index contributed by atoms with van der Waals surface area (Å²) in [5, 5.41) is 2.62. The highest BCUT2D eigenvalue weighted by Gasteiger charge is 2.45. The van der Waals surface area contributed by atoms with Crippen LogP contribution in [0.4, 0.5) is 10.6 Å². The second kappa shape index (κ2) is 7.96. The number of aromatic nitrogens is 1. The number of anilines is 1. The van der Waals surface area contributed by atoms with Gasteiger partial charge in [0.15, 0.2) is 9.68 Å². The SMILES string of the molecule is COC[C@@H]1[C@@H](Cc2ccnc(NC(=O)OC(C)(C)C)c2)C(=O)N1[Si]C. The molecule has 1 aromatic rings. The molecule has 0 aromatic carbocycles. The summed E-state index contributed by atoms with van der Waals surface area (Å²) in [7, 11) is 2.09. The van der Waals surface area contributed by atoms with Gasteiger partial charge in [-0.05, 0) is 44.9 Å². The van der Waals surface area contributed by atoms with Gasteiger partial charge in [0.25, 0.3) is 0 Å². The molecular formula is C17H25N3O4Si. The first-order valence-electron chi connectivity index (χ1n) is 8.19. The molecule has 1 aromatic heterocycles. The van der Waals surface area contributed by atoms with Gasteiger partial charge in [-0.3, -0.25) is 10.1 Å². The number of nitrogens with zero attached hydrogens (tertiary/aromatic N) is 2. The summed E-state index contributed by atoms with van der Waals surface area (Å²) in [5.41, 5.74) is 0.372. The number of amides is 2. The van der Waals surface area contributed by atoms with Crippen LogP contribution in [0.1, 0.15) is 26.3 Å². The Labute approximate surface area is 151 Å². The van der Waals surface area contributed by atoms with E-state index in [1.54, 1.807) is 40.1 Å². The van der Waals surface area contributed by atoms with Crippen LogP contribution in [-0.4, -0.2) is 56.6 Å². The van der Waals surface area contributed by atoms with E-state index in [9.17, 15) is 9.59 Å². The quantitative estimate of drug-likeness (QED) is 0.618. The summed E-state index contributed by atoms with van der Waals surface area (Å²) in [6, 6.07) is 3.74. The van der Waals surface area contributed by atoms with E-state index in [0.29, 0.717) is 28.5 Å². The number of rotatable bonds is 6. The first kappa shape index (κ1) is 19.4. The highest BCUT2D eigenvalue weighted by atomic mass is 28.2. The molecule has 1 N–H and O–H groups in total. The van der Waals surface area contributed by atoms with E-state index in [-0.39, 0.29) is 17.9 Å². The predicted molar refractivity (Wildman–Crippen MR) is 95.4 cm³/mol. The van der Waals surface area contributed by atoms with Crippen LogP contribution in [0.15, 0.2) is 18.3 Å². The van der Waals surface area contributed by atoms with E-state index in [4.69, 9.17) is 9.47 Å². The van der Waals surface area contributed by atoms with Gasteiger partial charge >= 0.3 is 6.09 Å². The van der Waals surface area contributed by atoms with Gasteiger partial charge < -0.3 is 14.0 Å². The summed E-state index contributed by atoms with van der Waals surface area (Å²) < 4.78 is 12.3. The third-order valence-electron chi connectivity index (χ3n) is 3.84. The lowest BCUT2D eigenvalue weighted by Gasteiger charge is -2.46. The van der Waals surface area contributed by atoms with E-state index >= 15 is 0 Å². The molecule has 0 aliphatic carbocycles. The molecule has 1 saturated heterocycles. The Balaban J connectivity index is 2.01. The number of hydrogen-bond donors (Lipinski definition) is 1. The van der Waals surface area contributed by atoms with E-state index in [1.807, 2.05) is 17.2 Å². The van der Waals surface area contributed by atoms with Crippen molar-refractivity contribution in [1.82, 2.24) is 9.55 Å². The van der Waals surface area contributed by atoms with Crippen molar-refractivity contribution >= 4 is 27.5 Å². The highest BCUT2D eigenvalue weighted by molar-refractivity contribution is 6.36. The van der Waals surface area contributed by atoms with E-state index in [1.165, 1.54) is 0 Å². The Morgan fingerprint density at radius 3 is 2.76 bits per heavy atom. The lowest BCUT2D eigenvalue weighted by atomic mass is 9.85. The molecule has 1 aliphatic heterocycles. The minimum atomic E-state index is -0.572. The predicted octanol–water partition coefficient (Wildman–Crippen LogP) is 2.11. The van der Waals surface area contributed by atoms with E-state index in [0.717, 1.165) is 5.56 Å². The molecule has 2 radical (unpaired) electrons. The molecule has 2 amide bonds. The molecule has 1 aliphatic rings. The van der Waals surface area contributed by atoms with E-state index < -0.39 is 11.7 Å². The van der Waals surface area contributed by atoms with Gasteiger partial charge in [-0.2, -0.15) is 0 Å². The van der Waals surface area contributed by atoms with Gasteiger partial charge in [0, 0.05) is 13.3 Å². The van der Waals surface area contributed by atoms with Crippen LogP contribution in [0.3, 0.4) is 0 Å². The molecule has 2 heterocycles. The molecule has 2 atom stereocenters. The fraction of sp³-hybridized carbons (Fsp3) is 0.588. The molecule has 0 spiro atoms. The molecule has 136 valence electrons. The zero-order valence-corrected chi connectivity index (χ0v) is 16.3. The topological polar surface area (TPSA) is 80.8 Å². The van der Waals surface area contributed by atoms with Gasteiger partial charge in [-0.1, -0.05) is 6.55 Å². The number of hydrogen-bond acceptors (Lipinski definition) is 5. The molecule has 2 rings (SSSR count). The maximum absolute atomic E-state index is 12.3. The normalized spacial score (nSPS) is 20.2. The van der Waals surface area contributed by atoms with Crippen molar-refractivity contribution in [2.24, 2.45) is 5.92 Å². The molecule has 25 heavy (non-hydrogen) atoms. The summed E-state index contributed by atoms with van der Waals surface area (Å²) in [6.45, 7) is 7.93. The number of methoxy groups -OCH3 is 1. The maximum Gasteiger partial charge on any atom is 0.413 e. The second-order valence-corrected chi connectivity index (χ2v) is 7.87. The van der Waals surface area contributed by atoms with Crippen LogP contribution in [0, 0.1) is 5.92 Å². The van der Waals surface area contributed by atoms with Crippen molar-refractivity contribution < 1.29 is 19.1 Å². The average molecular weight is 363 g/mol. The lowest BCUT2D eigenvalue weighted by Crippen LogP contribution is -2.64. The van der Waals surface area contributed by atoms with Crippen LogP contribution < -0.4 is 5.32 Å². The third-order valence-corrected chi connectivity index (χ3v) is 4.87. The standard InChI is InChI=1S/C17H25N3O4Si/c1-17(2,3)24-16(22)19-14-9-11(6-7-18-14)8-12-13(10-23-4)20(25-5)15(12)21/h6-7,9,12-13H,8,10H2,1-5H3,(H,18,19,22)/t12-,13-/m1/s1. The van der Waals surface area contributed by atoms with Crippen LogP contribution >= 0.6 is 0 Å². The molecule has 0 bridgehead atoms. The Bertz CT molecular complexity index is 633. The van der Waals surface area contributed by atoms with E-state index in [2.05, 4.69) is 10.3 Å². The van der Waals surface area contributed by atoms with Crippen LogP contribution in [0.5, 0.6) is 0 Å². The number of ether oxygens (including phenoxy) is 2. The summed E-state index contributed by atoms with van der Waals surface area (Å²) >= 11 is 0. The summed E-state index contributed by atoms with van der Waals surface area (Å²) in [6.07, 6.45) is 1.67. The number of β-lactam (4-membered cyclic amide) rings is 1. The fourth-order valence-electron chi connectivity index (χ4n) is 2.80. The first-order valence-corrected chi connectivity index (χ1v) is 9.64. The molecular weight excluding hydrogens is 338 g/mol. The van der Waals surface area contributed by atoms with Crippen molar-refractivity contribution in [2.45, 2.75) is 45.4 Å². The molecule has 0 unspecified atom stereocenters. The number of carbonyl (C=O) groups is 2. The van der Waals surface area contributed by atoms with Crippen molar-refractivity contribution in [1.29, 1.82) is 0 Å². The average Bonchev–Trinajstić information content (AvgIpc) is 2.51. The molecule has 1 fully saturated rings. The minimum absolute atomic E-state index is 0.0934. The first-order chi connectivity index (χ1) is 11.7. The Hall–Kier alpha value is -1.93. The maximum atomic E-state index is 12.3. The molecule has 7 nitrogen and oxygen atoms in total. The molecule has 0 saturated carbocycles. The third kappa shape index (κ3) is 5.02. The fourth-order valence-corrected chi connectivity index (χ4v) is 3.77. The second-order valence-electron chi connectivity index (χ2n) is 6.94. The number of pyridine rings is 1. The highest BCUT2D eigenvalue weighted by Crippen LogP contribution is 2.29. The van der Waals surface area contributed by atoms with Crippen LogP contribution in [-0.2, 0) is 20.7 Å². The van der Waals surface area contributed by atoms with Crippen molar-refractivity contribution in [3.05, 3.63) is 23.9 Å². The molecule has 8 heteroatoms. The largest absolute Gasteiger partial charge is 0.444 e. The monoisotopic (exact) mass is 363 g/mol. The number of nitrogens with one attached hydrogen (secondary N) is 1. The van der Waals surface area contributed by atoms with Gasteiger partial charge in [-0.25, -0.2) is 9.78 Å². The Morgan fingerprint density at radius 2 is 2.16 bits per heavy atom.